The van der Waals surface area contributed by atoms with Crippen molar-refractivity contribution in [3.8, 4) is 0 Å². The summed E-state index contributed by atoms with van der Waals surface area (Å²) in [6.45, 7) is 6.45. The normalized spacial score (nSPS) is 18.1. The molecule has 1 saturated heterocycles. The quantitative estimate of drug-likeness (QED) is 0.793. The molecule has 1 heterocycles. The van der Waals surface area contributed by atoms with Crippen LogP contribution in [0.15, 0.2) is 46.9 Å². The zero-order valence-electron chi connectivity index (χ0n) is 15.3. The first-order chi connectivity index (χ1) is 12.4. The second-order valence-corrected chi connectivity index (χ2v) is 7.74. The van der Waals surface area contributed by atoms with E-state index in [1.54, 1.807) is 4.90 Å². The second kappa shape index (κ2) is 7.62. The molecule has 0 aromatic heterocycles. The molecule has 136 valence electrons. The number of rotatable bonds is 4. The molecule has 2 aromatic rings. The number of nitrogens with zero attached hydrogens (tertiary/aromatic N) is 1. The van der Waals surface area contributed by atoms with Gasteiger partial charge in [0.1, 0.15) is 0 Å². The first-order valence-electron chi connectivity index (χ1n) is 8.79. The molecule has 2 atom stereocenters. The van der Waals surface area contributed by atoms with Gasteiger partial charge in [0.25, 0.3) is 0 Å². The highest BCUT2D eigenvalue weighted by Crippen LogP contribution is 2.30. The van der Waals surface area contributed by atoms with E-state index in [4.69, 9.17) is 0 Å². The molecular weight excluding hydrogens is 392 g/mol. The van der Waals surface area contributed by atoms with Crippen LogP contribution in [0.4, 0.5) is 5.69 Å². The topological polar surface area (TPSA) is 49.4 Å². The molecular formula is C21H23BrN2O2. The van der Waals surface area contributed by atoms with Crippen molar-refractivity contribution in [2.75, 3.05) is 11.9 Å². The summed E-state index contributed by atoms with van der Waals surface area (Å²) in [6.07, 6.45) is 0.261. The fourth-order valence-electron chi connectivity index (χ4n) is 3.46. The Kier molecular flexibility index (Phi) is 5.47. The molecule has 1 fully saturated rings. The summed E-state index contributed by atoms with van der Waals surface area (Å²) in [4.78, 5) is 26.9. The summed E-state index contributed by atoms with van der Waals surface area (Å²) < 4.78 is 1.05. The van der Waals surface area contributed by atoms with Gasteiger partial charge in [0, 0.05) is 23.1 Å². The molecule has 4 nitrogen and oxygen atoms in total. The Morgan fingerprint density at radius 3 is 2.42 bits per heavy atom. The SMILES string of the molecule is Cc1cc(NC(=O)[C@H]2CC(=O)N([C@@H](C)c3ccccc3)C2)cc(C)c1Br. The minimum absolute atomic E-state index is 0.0290. The maximum Gasteiger partial charge on any atom is 0.229 e. The summed E-state index contributed by atoms with van der Waals surface area (Å²) in [7, 11) is 0. The zero-order valence-corrected chi connectivity index (χ0v) is 16.8. The third-order valence-corrected chi connectivity index (χ3v) is 6.23. The lowest BCUT2D eigenvalue weighted by atomic mass is 10.1. The van der Waals surface area contributed by atoms with E-state index in [0.29, 0.717) is 6.54 Å². The highest BCUT2D eigenvalue weighted by Gasteiger charge is 2.37. The van der Waals surface area contributed by atoms with Crippen LogP contribution in [0, 0.1) is 19.8 Å². The van der Waals surface area contributed by atoms with Gasteiger partial charge in [-0.2, -0.15) is 0 Å². The Hall–Kier alpha value is -2.14. The van der Waals surface area contributed by atoms with Gasteiger partial charge < -0.3 is 10.2 Å². The Bertz CT molecular complexity index is 812. The van der Waals surface area contributed by atoms with Crippen LogP contribution in [0.5, 0.6) is 0 Å². The number of likely N-dealkylation sites (tertiary alicyclic amines) is 1. The van der Waals surface area contributed by atoms with Gasteiger partial charge in [-0.25, -0.2) is 0 Å². The molecule has 2 aromatic carbocycles. The molecule has 0 radical (unpaired) electrons. The zero-order chi connectivity index (χ0) is 18.8. The van der Waals surface area contributed by atoms with E-state index >= 15 is 0 Å². The summed E-state index contributed by atoms with van der Waals surface area (Å²) >= 11 is 3.54. The van der Waals surface area contributed by atoms with Crippen LogP contribution < -0.4 is 5.32 Å². The first-order valence-corrected chi connectivity index (χ1v) is 9.58. The number of anilines is 1. The van der Waals surface area contributed by atoms with E-state index in [1.807, 2.05) is 63.2 Å². The molecule has 1 aliphatic heterocycles. The number of carbonyl (C=O) groups is 2. The van der Waals surface area contributed by atoms with E-state index in [0.717, 1.165) is 26.9 Å². The molecule has 1 N–H and O–H groups in total. The Morgan fingerprint density at radius 1 is 1.19 bits per heavy atom. The lowest BCUT2D eigenvalue weighted by Crippen LogP contribution is -2.30. The van der Waals surface area contributed by atoms with Gasteiger partial charge >= 0.3 is 0 Å². The van der Waals surface area contributed by atoms with Crippen molar-refractivity contribution in [3.63, 3.8) is 0 Å². The summed E-state index contributed by atoms with van der Waals surface area (Å²) in [5, 5.41) is 2.97. The first kappa shape index (κ1) is 18.6. The number of amides is 2. The van der Waals surface area contributed by atoms with Gasteiger partial charge in [-0.05, 0) is 49.6 Å². The molecule has 3 rings (SSSR count). The lowest BCUT2D eigenvalue weighted by Gasteiger charge is -2.25. The maximum atomic E-state index is 12.7. The van der Waals surface area contributed by atoms with Crippen LogP contribution in [0.2, 0.25) is 0 Å². The van der Waals surface area contributed by atoms with E-state index in [2.05, 4.69) is 21.2 Å². The minimum Gasteiger partial charge on any atom is -0.335 e. The van der Waals surface area contributed by atoms with E-state index < -0.39 is 0 Å². The van der Waals surface area contributed by atoms with Crippen molar-refractivity contribution in [2.24, 2.45) is 5.92 Å². The number of hydrogen-bond acceptors (Lipinski definition) is 2. The summed E-state index contributed by atoms with van der Waals surface area (Å²) in [6, 6.07) is 13.8. The van der Waals surface area contributed by atoms with Gasteiger partial charge in [0.05, 0.1) is 12.0 Å². The predicted molar refractivity (Wildman–Crippen MR) is 107 cm³/mol. The summed E-state index contributed by atoms with van der Waals surface area (Å²) in [5.74, 6) is -0.384. The minimum atomic E-state index is -0.321. The van der Waals surface area contributed by atoms with Gasteiger partial charge in [-0.1, -0.05) is 46.3 Å². The number of aryl methyl sites for hydroxylation is 2. The van der Waals surface area contributed by atoms with Crippen molar-refractivity contribution < 1.29 is 9.59 Å². The predicted octanol–water partition coefficient (Wildman–Crippen LogP) is 4.61. The standard InChI is InChI=1S/C21H23BrN2O2/c1-13-9-18(10-14(2)20(13)22)23-21(26)17-11-19(25)24(12-17)15(3)16-7-5-4-6-8-16/h4-10,15,17H,11-12H2,1-3H3,(H,23,26)/t15-,17-/m0/s1. The molecule has 0 aliphatic carbocycles. The third-order valence-electron chi connectivity index (χ3n) is 4.98. The van der Waals surface area contributed by atoms with Crippen molar-refractivity contribution in [1.29, 1.82) is 0 Å². The van der Waals surface area contributed by atoms with Gasteiger partial charge in [0.15, 0.2) is 0 Å². The highest BCUT2D eigenvalue weighted by molar-refractivity contribution is 9.10. The van der Waals surface area contributed by atoms with Crippen LogP contribution in [0.3, 0.4) is 0 Å². The van der Waals surface area contributed by atoms with E-state index in [1.165, 1.54) is 0 Å². The average Bonchev–Trinajstić information content (AvgIpc) is 3.01. The third kappa shape index (κ3) is 3.83. The Balaban J connectivity index is 1.69. The number of nitrogens with one attached hydrogen (secondary N) is 1. The fraction of sp³-hybridized carbons (Fsp3) is 0.333. The molecule has 0 bridgehead atoms. The number of carbonyl (C=O) groups excluding carboxylic acids is 2. The van der Waals surface area contributed by atoms with Crippen LogP contribution >= 0.6 is 15.9 Å². The smallest absolute Gasteiger partial charge is 0.229 e. The molecule has 2 amide bonds. The van der Waals surface area contributed by atoms with Crippen LogP contribution in [0.1, 0.15) is 36.1 Å². The van der Waals surface area contributed by atoms with Crippen molar-refractivity contribution in [3.05, 3.63) is 63.6 Å². The van der Waals surface area contributed by atoms with Crippen LogP contribution in [0.25, 0.3) is 0 Å². The maximum absolute atomic E-state index is 12.7. The lowest BCUT2D eigenvalue weighted by molar-refractivity contribution is -0.129. The van der Waals surface area contributed by atoms with Crippen LogP contribution in [-0.2, 0) is 9.59 Å². The summed E-state index contributed by atoms with van der Waals surface area (Å²) in [5.41, 5.74) is 4.00. The molecule has 26 heavy (non-hydrogen) atoms. The Morgan fingerprint density at radius 2 is 1.81 bits per heavy atom. The second-order valence-electron chi connectivity index (χ2n) is 6.95. The molecule has 0 spiro atoms. The molecule has 0 saturated carbocycles. The van der Waals surface area contributed by atoms with Gasteiger partial charge in [-0.3, -0.25) is 9.59 Å². The van der Waals surface area contributed by atoms with Crippen molar-refractivity contribution in [2.45, 2.75) is 33.2 Å². The van der Waals surface area contributed by atoms with Crippen molar-refractivity contribution in [1.82, 2.24) is 4.90 Å². The molecule has 5 heteroatoms. The number of benzene rings is 2. The monoisotopic (exact) mass is 414 g/mol. The van der Waals surface area contributed by atoms with E-state index in [-0.39, 0.29) is 30.2 Å². The van der Waals surface area contributed by atoms with Crippen LogP contribution in [-0.4, -0.2) is 23.3 Å². The fourth-order valence-corrected chi connectivity index (χ4v) is 3.68. The molecule has 0 unspecified atom stereocenters. The average molecular weight is 415 g/mol. The molecule has 1 aliphatic rings. The highest BCUT2D eigenvalue weighted by atomic mass is 79.9. The number of halogens is 1. The van der Waals surface area contributed by atoms with Crippen molar-refractivity contribution >= 4 is 33.4 Å². The number of hydrogen-bond donors (Lipinski definition) is 1. The van der Waals surface area contributed by atoms with E-state index in [9.17, 15) is 9.59 Å². The van der Waals surface area contributed by atoms with Gasteiger partial charge in [-0.15, -0.1) is 0 Å². The van der Waals surface area contributed by atoms with Gasteiger partial charge in [0.2, 0.25) is 11.8 Å². The Labute approximate surface area is 162 Å². The largest absolute Gasteiger partial charge is 0.335 e.